The van der Waals surface area contributed by atoms with Crippen molar-refractivity contribution in [3.05, 3.63) is 23.9 Å². The summed E-state index contributed by atoms with van der Waals surface area (Å²) in [6.45, 7) is 6.15. The Bertz CT molecular complexity index is 489. The number of rotatable bonds is 8. The van der Waals surface area contributed by atoms with Crippen LogP contribution in [0.4, 0.5) is 19.0 Å². The summed E-state index contributed by atoms with van der Waals surface area (Å²) < 4.78 is 37.2. The second-order valence-electron chi connectivity index (χ2n) is 5.59. The fraction of sp³-hybridized carbons (Fsp3) is 0.600. The zero-order valence-electron chi connectivity index (χ0n) is 13.9. The molecular weight excluding hydrogens is 434 g/mol. The summed E-state index contributed by atoms with van der Waals surface area (Å²) in [7, 11) is 0. The van der Waals surface area contributed by atoms with Gasteiger partial charge in [-0.1, -0.05) is 13.8 Å². The van der Waals surface area contributed by atoms with E-state index in [-0.39, 0.29) is 24.0 Å². The summed E-state index contributed by atoms with van der Waals surface area (Å²) in [4.78, 5) is 7.90. The Balaban J connectivity index is 0.00000529. The summed E-state index contributed by atoms with van der Waals surface area (Å²) in [5.41, 5.74) is 4.95. The zero-order chi connectivity index (χ0) is 17.3. The van der Waals surface area contributed by atoms with Gasteiger partial charge in [-0.05, 0) is 30.9 Å². The number of aromatic nitrogens is 1. The molecule has 0 bridgehead atoms. The molecule has 0 spiro atoms. The number of aliphatic imine (C=N–C) groups is 1. The molecule has 0 fully saturated rings. The lowest BCUT2D eigenvalue weighted by Gasteiger charge is -2.09. The molecule has 138 valence electrons. The lowest BCUT2D eigenvalue weighted by Crippen LogP contribution is -2.33. The van der Waals surface area contributed by atoms with Gasteiger partial charge in [-0.2, -0.15) is 13.2 Å². The lowest BCUT2D eigenvalue weighted by molar-refractivity contribution is -0.137. The maximum Gasteiger partial charge on any atom is 0.417 e. The van der Waals surface area contributed by atoms with Crippen LogP contribution in [0.2, 0.25) is 0 Å². The van der Waals surface area contributed by atoms with E-state index in [1.807, 2.05) is 0 Å². The highest BCUT2D eigenvalue weighted by atomic mass is 127. The van der Waals surface area contributed by atoms with E-state index in [1.165, 1.54) is 6.07 Å². The Morgan fingerprint density at radius 1 is 1.29 bits per heavy atom. The quantitative estimate of drug-likeness (QED) is 0.241. The number of halogens is 4. The van der Waals surface area contributed by atoms with Gasteiger partial charge in [-0.25, -0.2) is 4.98 Å². The van der Waals surface area contributed by atoms with Gasteiger partial charge in [0.05, 0.1) is 5.56 Å². The van der Waals surface area contributed by atoms with Gasteiger partial charge >= 0.3 is 6.18 Å². The molecule has 1 rings (SSSR count). The van der Waals surface area contributed by atoms with E-state index in [2.05, 4.69) is 34.5 Å². The minimum Gasteiger partial charge on any atom is -0.370 e. The first kappa shape index (κ1) is 22.7. The molecule has 24 heavy (non-hydrogen) atoms. The van der Waals surface area contributed by atoms with Crippen molar-refractivity contribution in [1.82, 2.24) is 10.3 Å². The van der Waals surface area contributed by atoms with Crippen molar-refractivity contribution in [2.45, 2.75) is 32.9 Å². The van der Waals surface area contributed by atoms with Crippen molar-refractivity contribution in [3.63, 3.8) is 0 Å². The van der Waals surface area contributed by atoms with Crippen LogP contribution < -0.4 is 16.4 Å². The Morgan fingerprint density at radius 2 is 2.00 bits per heavy atom. The lowest BCUT2D eigenvalue weighted by atomic mass is 10.1. The fourth-order valence-corrected chi connectivity index (χ4v) is 1.71. The van der Waals surface area contributed by atoms with Crippen molar-refractivity contribution in [2.24, 2.45) is 16.6 Å². The second-order valence-corrected chi connectivity index (χ2v) is 5.59. The molecule has 9 heteroatoms. The number of nitrogens with zero attached hydrogens (tertiary/aromatic N) is 2. The van der Waals surface area contributed by atoms with Crippen LogP contribution in [0.5, 0.6) is 0 Å². The van der Waals surface area contributed by atoms with Gasteiger partial charge in [-0.3, -0.25) is 4.99 Å². The van der Waals surface area contributed by atoms with Crippen LogP contribution in [-0.4, -0.2) is 30.6 Å². The van der Waals surface area contributed by atoms with Crippen LogP contribution in [0, 0.1) is 5.92 Å². The van der Waals surface area contributed by atoms with Crippen LogP contribution >= 0.6 is 24.0 Å². The largest absolute Gasteiger partial charge is 0.417 e. The summed E-state index contributed by atoms with van der Waals surface area (Å²) in [5.74, 6) is 1.43. The van der Waals surface area contributed by atoms with Crippen molar-refractivity contribution in [1.29, 1.82) is 0 Å². The molecular formula is C15H25F3IN5. The third-order valence-corrected chi connectivity index (χ3v) is 3.04. The van der Waals surface area contributed by atoms with E-state index in [0.29, 0.717) is 37.2 Å². The average Bonchev–Trinajstić information content (AvgIpc) is 2.46. The van der Waals surface area contributed by atoms with Crippen molar-refractivity contribution >= 4 is 35.8 Å². The Hall–Kier alpha value is -1.26. The fourth-order valence-electron chi connectivity index (χ4n) is 1.71. The standard InChI is InChI=1S/C15H24F3N5.HI/c1-11(2)6-9-22-14(19)21-8-3-7-20-13-5-4-12(10-23-13)15(16,17)18;/h4-5,10-11H,3,6-9H2,1-2H3,(H,20,23)(H3,19,21,22);1H. The van der Waals surface area contributed by atoms with Crippen LogP contribution in [0.15, 0.2) is 23.3 Å². The van der Waals surface area contributed by atoms with Gasteiger partial charge in [0.15, 0.2) is 5.96 Å². The minimum absolute atomic E-state index is 0. The van der Waals surface area contributed by atoms with E-state index in [4.69, 9.17) is 5.73 Å². The molecule has 1 heterocycles. The molecule has 5 nitrogen and oxygen atoms in total. The number of hydrogen-bond donors (Lipinski definition) is 3. The average molecular weight is 459 g/mol. The van der Waals surface area contributed by atoms with Crippen LogP contribution in [0.25, 0.3) is 0 Å². The molecule has 0 atom stereocenters. The van der Waals surface area contributed by atoms with Crippen molar-refractivity contribution in [2.75, 3.05) is 25.0 Å². The molecule has 0 aliphatic heterocycles. The molecule has 0 saturated carbocycles. The second kappa shape index (κ2) is 11.3. The molecule has 1 aromatic heterocycles. The molecule has 0 aromatic carbocycles. The minimum atomic E-state index is -4.36. The Morgan fingerprint density at radius 3 is 2.54 bits per heavy atom. The smallest absolute Gasteiger partial charge is 0.370 e. The molecule has 1 aromatic rings. The highest BCUT2D eigenvalue weighted by Crippen LogP contribution is 2.28. The topological polar surface area (TPSA) is 75.3 Å². The van der Waals surface area contributed by atoms with E-state index in [0.717, 1.165) is 25.2 Å². The maximum atomic E-state index is 12.4. The zero-order valence-corrected chi connectivity index (χ0v) is 16.2. The number of nitrogens with one attached hydrogen (secondary N) is 2. The van der Waals surface area contributed by atoms with Gasteiger partial charge < -0.3 is 16.4 Å². The number of pyridine rings is 1. The number of nitrogens with two attached hydrogens (primary N) is 1. The monoisotopic (exact) mass is 459 g/mol. The van der Waals surface area contributed by atoms with E-state index in [9.17, 15) is 13.2 Å². The van der Waals surface area contributed by atoms with Crippen molar-refractivity contribution < 1.29 is 13.2 Å². The summed E-state index contributed by atoms with van der Waals surface area (Å²) in [6, 6.07) is 2.32. The van der Waals surface area contributed by atoms with Gasteiger partial charge in [-0.15, -0.1) is 24.0 Å². The van der Waals surface area contributed by atoms with E-state index >= 15 is 0 Å². The Labute approximate surface area is 157 Å². The number of hydrogen-bond acceptors (Lipinski definition) is 3. The summed E-state index contributed by atoms with van der Waals surface area (Å²) in [6.07, 6.45) is -1.82. The first-order valence-corrected chi connectivity index (χ1v) is 7.60. The highest BCUT2D eigenvalue weighted by molar-refractivity contribution is 14.0. The maximum absolute atomic E-state index is 12.4. The van der Waals surface area contributed by atoms with Gasteiger partial charge in [0.25, 0.3) is 0 Å². The van der Waals surface area contributed by atoms with E-state index < -0.39 is 11.7 Å². The van der Waals surface area contributed by atoms with Gasteiger partial charge in [0.1, 0.15) is 5.82 Å². The summed E-state index contributed by atoms with van der Waals surface area (Å²) >= 11 is 0. The van der Waals surface area contributed by atoms with Gasteiger partial charge in [0, 0.05) is 25.8 Å². The number of guanidine groups is 1. The van der Waals surface area contributed by atoms with Crippen LogP contribution in [-0.2, 0) is 6.18 Å². The molecule has 0 aliphatic carbocycles. The Kier molecular flexibility index (Phi) is 10.7. The molecule has 0 aliphatic rings. The molecule has 0 radical (unpaired) electrons. The number of anilines is 1. The molecule has 0 unspecified atom stereocenters. The normalized spacial score (nSPS) is 12.0. The van der Waals surface area contributed by atoms with Crippen LogP contribution in [0.3, 0.4) is 0 Å². The number of alkyl halides is 3. The predicted octanol–water partition coefficient (Wildman–Crippen LogP) is 3.47. The predicted molar refractivity (Wildman–Crippen MR) is 102 cm³/mol. The molecule has 0 saturated heterocycles. The third kappa shape index (κ3) is 9.78. The summed E-state index contributed by atoms with van der Waals surface area (Å²) in [5, 5.41) is 5.98. The first-order valence-electron chi connectivity index (χ1n) is 7.60. The van der Waals surface area contributed by atoms with Crippen LogP contribution in [0.1, 0.15) is 32.3 Å². The molecule has 0 amide bonds. The third-order valence-electron chi connectivity index (χ3n) is 3.04. The first-order chi connectivity index (χ1) is 10.8. The highest BCUT2D eigenvalue weighted by Gasteiger charge is 2.30. The van der Waals surface area contributed by atoms with Crippen molar-refractivity contribution in [3.8, 4) is 0 Å². The van der Waals surface area contributed by atoms with Gasteiger partial charge in [0.2, 0.25) is 0 Å². The molecule has 4 N–H and O–H groups in total. The SMILES string of the molecule is CC(C)CCNC(N)=NCCCNc1ccc(C(F)(F)F)cn1.I. The van der Waals surface area contributed by atoms with E-state index in [1.54, 1.807) is 0 Å².